The highest BCUT2D eigenvalue weighted by Gasteiger charge is 2.53. The van der Waals surface area contributed by atoms with Crippen molar-refractivity contribution in [2.75, 3.05) is 0 Å². The molecule has 1 aromatic heterocycles. The Labute approximate surface area is 142 Å². The third-order valence-electron chi connectivity index (χ3n) is 6.98. The Morgan fingerprint density at radius 3 is 2.96 bits per heavy atom. The van der Waals surface area contributed by atoms with Crippen molar-refractivity contribution >= 4 is 16.7 Å². The van der Waals surface area contributed by atoms with Crippen molar-refractivity contribution in [2.45, 2.75) is 44.9 Å². The van der Waals surface area contributed by atoms with Crippen molar-refractivity contribution in [1.29, 1.82) is 5.26 Å². The average Bonchev–Trinajstić information content (AvgIpc) is 3.10. The molecule has 24 heavy (non-hydrogen) atoms. The zero-order chi connectivity index (χ0) is 16.3. The number of aromatic amines is 1. The Kier molecular flexibility index (Phi) is 2.95. The molecule has 3 saturated carbocycles. The van der Waals surface area contributed by atoms with E-state index in [1.807, 2.05) is 24.3 Å². The van der Waals surface area contributed by atoms with Crippen LogP contribution in [0.25, 0.3) is 10.9 Å². The summed E-state index contributed by atoms with van der Waals surface area (Å²) in [4.78, 5) is 16.8. The third-order valence-corrected chi connectivity index (χ3v) is 6.98. The summed E-state index contributed by atoms with van der Waals surface area (Å²) in [7, 11) is 0. The molecule has 1 aromatic carbocycles. The first kappa shape index (κ1) is 14.3. The van der Waals surface area contributed by atoms with Gasteiger partial charge in [0, 0.05) is 16.3 Å². The largest absolute Gasteiger partial charge is 0.352 e. The summed E-state index contributed by atoms with van der Waals surface area (Å²) >= 11 is 0. The predicted molar refractivity (Wildman–Crippen MR) is 92.6 cm³/mol. The normalized spacial score (nSPS) is 34.2. The maximum absolute atomic E-state index is 13.5. The Hall–Kier alpha value is -2.08. The topological polar surface area (TPSA) is 56.6 Å². The highest BCUT2D eigenvalue weighted by atomic mass is 16.1. The number of carbonyl (C=O) groups excluding carboxylic acids is 1. The minimum atomic E-state index is -0.127. The molecular weight excluding hydrogens is 296 g/mol. The average molecular weight is 318 g/mol. The van der Waals surface area contributed by atoms with E-state index >= 15 is 0 Å². The van der Waals surface area contributed by atoms with Gasteiger partial charge >= 0.3 is 0 Å². The number of rotatable bonds is 2. The van der Waals surface area contributed by atoms with Crippen LogP contribution in [-0.2, 0) is 0 Å². The first-order valence-corrected chi connectivity index (χ1v) is 9.24. The van der Waals surface area contributed by atoms with Gasteiger partial charge in [0.15, 0.2) is 5.78 Å². The van der Waals surface area contributed by atoms with E-state index < -0.39 is 0 Å². The molecule has 3 aliphatic rings. The van der Waals surface area contributed by atoms with Gasteiger partial charge in [-0.3, -0.25) is 4.79 Å². The fourth-order valence-electron chi connectivity index (χ4n) is 6.06. The van der Waals surface area contributed by atoms with Crippen molar-refractivity contribution in [1.82, 2.24) is 4.98 Å². The van der Waals surface area contributed by atoms with Crippen LogP contribution >= 0.6 is 0 Å². The molecule has 0 aliphatic heterocycles. The van der Waals surface area contributed by atoms with E-state index in [2.05, 4.69) is 11.1 Å². The van der Waals surface area contributed by atoms with E-state index in [1.165, 1.54) is 25.7 Å². The van der Waals surface area contributed by atoms with E-state index in [0.717, 1.165) is 53.6 Å². The van der Waals surface area contributed by atoms with Crippen molar-refractivity contribution < 1.29 is 4.79 Å². The maximum atomic E-state index is 13.5. The van der Waals surface area contributed by atoms with Gasteiger partial charge in [-0.1, -0.05) is 12.8 Å². The summed E-state index contributed by atoms with van der Waals surface area (Å²) in [6, 6.07) is 9.73. The van der Waals surface area contributed by atoms with Crippen LogP contribution in [0.2, 0.25) is 0 Å². The molecule has 0 saturated heterocycles. The quantitative estimate of drug-likeness (QED) is 0.806. The molecule has 0 spiro atoms. The smallest absolute Gasteiger partial charge is 0.185 e. The Balaban J connectivity index is 1.54. The van der Waals surface area contributed by atoms with Gasteiger partial charge < -0.3 is 4.98 Å². The van der Waals surface area contributed by atoms with E-state index in [9.17, 15) is 4.79 Å². The van der Waals surface area contributed by atoms with E-state index in [0.29, 0.717) is 11.3 Å². The van der Waals surface area contributed by atoms with Gasteiger partial charge in [0.2, 0.25) is 0 Å². The van der Waals surface area contributed by atoms with Gasteiger partial charge in [-0.05, 0) is 74.1 Å². The first-order chi connectivity index (χ1) is 11.7. The Morgan fingerprint density at radius 2 is 2.08 bits per heavy atom. The summed E-state index contributed by atoms with van der Waals surface area (Å²) < 4.78 is 0. The molecule has 3 aliphatic carbocycles. The van der Waals surface area contributed by atoms with Gasteiger partial charge in [0.25, 0.3) is 0 Å². The van der Waals surface area contributed by atoms with Crippen LogP contribution in [0.5, 0.6) is 0 Å². The molecule has 1 heterocycles. The number of aromatic nitrogens is 1. The minimum Gasteiger partial charge on any atom is -0.352 e. The fraction of sp³-hybridized carbons (Fsp3) is 0.524. The van der Waals surface area contributed by atoms with Gasteiger partial charge in [0.05, 0.1) is 17.3 Å². The third kappa shape index (κ3) is 1.99. The molecule has 3 bridgehead atoms. The summed E-state index contributed by atoms with van der Waals surface area (Å²) in [5.74, 6) is 2.76. The highest BCUT2D eigenvalue weighted by molar-refractivity contribution is 6.03. The van der Waals surface area contributed by atoms with Crippen molar-refractivity contribution in [2.24, 2.45) is 23.2 Å². The zero-order valence-electron chi connectivity index (χ0n) is 13.8. The van der Waals surface area contributed by atoms with Crippen LogP contribution in [-0.4, -0.2) is 10.8 Å². The number of benzene rings is 1. The summed E-state index contributed by atoms with van der Waals surface area (Å²) in [6.07, 6.45) is 8.51. The number of hydrogen-bond donors (Lipinski definition) is 1. The first-order valence-electron chi connectivity index (χ1n) is 9.24. The molecular formula is C21H22N2O. The van der Waals surface area contributed by atoms with Crippen LogP contribution in [0, 0.1) is 34.5 Å². The molecule has 0 amide bonds. The second-order valence-electron chi connectivity index (χ2n) is 8.36. The molecule has 4 atom stereocenters. The number of nitrogens with zero attached hydrogens (tertiary/aromatic N) is 1. The molecule has 2 aromatic rings. The number of hydrogen-bond acceptors (Lipinski definition) is 2. The second-order valence-corrected chi connectivity index (χ2v) is 8.36. The summed E-state index contributed by atoms with van der Waals surface area (Å²) in [6.45, 7) is 0. The van der Waals surface area contributed by atoms with E-state index in [-0.39, 0.29) is 5.41 Å². The van der Waals surface area contributed by atoms with Crippen LogP contribution in [0.15, 0.2) is 24.3 Å². The number of fused-ring (bicyclic) bond motifs is 3. The molecule has 3 nitrogen and oxygen atoms in total. The fourth-order valence-corrected chi connectivity index (χ4v) is 6.06. The lowest BCUT2D eigenvalue weighted by molar-refractivity contribution is 0.0606. The zero-order valence-corrected chi connectivity index (χ0v) is 13.8. The number of H-pyrrole nitrogens is 1. The van der Waals surface area contributed by atoms with E-state index in [1.54, 1.807) is 0 Å². The van der Waals surface area contributed by atoms with Gasteiger partial charge in [-0.25, -0.2) is 0 Å². The van der Waals surface area contributed by atoms with Crippen molar-refractivity contribution in [3.8, 4) is 6.07 Å². The maximum Gasteiger partial charge on any atom is 0.185 e. The highest BCUT2D eigenvalue weighted by Crippen LogP contribution is 2.59. The summed E-state index contributed by atoms with van der Waals surface area (Å²) in [5, 5.41) is 10.0. The number of ketones is 1. The number of Topliss-reactive ketones (excluding diaryl/α,β-unsaturated/α-hetero) is 1. The van der Waals surface area contributed by atoms with E-state index in [4.69, 9.17) is 5.26 Å². The number of nitriles is 1. The minimum absolute atomic E-state index is 0.127. The van der Waals surface area contributed by atoms with Gasteiger partial charge in [-0.2, -0.15) is 5.26 Å². The van der Waals surface area contributed by atoms with Crippen LogP contribution in [0.1, 0.15) is 61.0 Å². The lowest BCUT2D eigenvalue weighted by atomic mass is 9.64. The molecule has 0 radical (unpaired) electrons. The van der Waals surface area contributed by atoms with Crippen molar-refractivity contribution in [3.05, 3.63) is 35.5 Å². The van der Waals surface area contributed by atoms with Crippen LogP contribution in [0.3, 0.4) is 0 Å². The molecule has 3 fully saturated rings. The van der Waals surface area contributed by atoms with Crippen molar-refractivity contribution in [3.63, 3.8) is 0 Å². The standard InChI is InChI=1S/C21H22N2O/c22-12-13-3-4-18-16(6-13)9-19(23-18)20(24)21-5-1-2-15-7-14(10-21)8-17(15)11-21/h3-4,6,9,14-15,17,23H,1-2,5,7-8,10-11H2. The molecule has 3 heteroatoms. The SMILES string of the molecule is N#Cc1ccc2[nH]c(C(=O)C34CCCC5CC(CC5C3)C4)cc2c1. The lowest BCUT2D eigenvalue weighted by Gasteiger charge is -2.38. The van der Waals surface area contributed by atoms with Gasteiger partial charge in [-0.15, -0.1) is 0 Å². The van der Waals surface area contributed by atoms with Crippen LogP contribution < -0.4 is 0 Å². The predicted octanol–water partition coefficient (Wildman–Crippen LogP) is 4.83. The molecule has 1 N–H and O–H groups in total. The monoisotopic (exact) mass is 318 g/mol. The molecule has 5 rings (SSSR count). The Bertz CT molecular complexity index is 874. The number of nitrogens with one attached hydrogen (secondary N) is 1. The number of carbonyl (C=O) groups is 1. The second kappa shape index (κ2) is 4.96. The summed E-state index contributed by atoms with van der Waals surface area (Å²) in [5.41, 5.74) is 2.23. The lowest BCUT2D eigenvalue weighted by Crippen LogP contribution is -2.37. The molecule has 122 valence electrons. The Morgan fingerprint density at radius 1 is 1.21 bits per heavy atom. The molecule has 4 unspecified atom stereocenters. The van der Waals surface area contributed by atoms with Gasteiger partial charge in [0.1, 0.15) is 0 Å². The van der Waals surface area contributed by atoms with Crippen LogP contribution in [0.4, 0.5) is 0 Å².